The average Bonchev–Trinajstić information content (AvgIpc) is 3.16. The van der Waals surface area contributed by atoms with Crippen molar-refractivity contribution in [2.24, 2.45) is 5.92 Å². The topological polar surface area (TPSA) is 91.8 Å². The minimum atomic E-state index is -1.08. The molecular weight excluding hydrogens is 662 g/mol. The number of likely N-dealkylation sites (N-methyl/N-ethyl adjacent to an activating group) is 2. The van der Waals surface area contributed by atoms with Crippen LogP contribution in [0.4, 0.5) is 8.78 Å². The number of ether oxygens (including phenoxy) is 1. The number of aromatic nitrogens is 1. The van der Waals surface area contributed by atoms with Crippen LogP contribution in [0, 0.1) is 17.6 Å². The Morgan fingerprint density at radius 2 is 1.52 bits per heavy atom. The van der Waals surface area contributed by atoms with Gasteiger partial charge in [0.05, 0.1) is 6.61 Å². The summed E-state index contributed by atoms with van der Waals surface area (Å²) in [6.45, 7) is 6.89. The Labute approximate surface area is 306 Å². The first-order valence-electron chi connectivity index (χ1n) is 18.4. The lowest BCUT2D eigenvalue weighted by Crippen LogP contribution is -2.57. The Morgan fingerprint density at radius 3 is 2.21 bits per heavy atom. The van der Waals surface area contributed by atoms with Crippen LogP contribution in [0.15, 0.2) is 85.2 Å². The van der Waals surface area contributed by atoms with E-state index in [2.05, 4.69) is 24.1 Å². The summed E-state index contributed by atoms with van der Waals surface area (Å²) in [4.78, 5) is 49.3. The number of pyridine rings is 1. The van der Waals surface area contributed by atoms with Gasteiger partial charge in [0.1, 0.15) is 18.7 Å². The molecule has 0 fully saturated rings. The summed E-state index contributed by atoms with van der Waals surface area (Å²) in [7, 11) is 1.52. The molecule has 3 aromatic carbocycles. The van der Waals surface area contributed by atoms with Crippen molar-refractivity contribution in [3.63, 3.8) is 0 Å². The van der Waals surface area contributed by atoms with Crippen LogP contribution in [0.1, 0.15) is 63.1 Å². The average molecular weight is 715 g/mol. The minimum Gasteiger partial charge on any atom is -0.371 e. The number of nitrogens with one attached hydrogen (secondary N) is 1. The van der Waals surface area contributed by atoms with E-state index in [-0.39, 0.29) is 38.4 Å². The van der Waals surface area contributed by atoms with Crippen LogP contribution >= 0.6 is 0 Å². The molecule has 3 amide bonds. The summed E-state index contributed by atoms with van der Waals surface area (Å²) in [6.07, 6.45) is 8.16. The zero-order valence-corrected chi connectivity index (χ0v) is 30.8. The fourth-order valence-electron chi connectivity index (χ4n) is 6.47. The lowest BCUT2D eigenvalue weighted by atomic mass is 9.98. The molecule has 8 nitrogen and oxygen atoms in total. The predicted molar refractivity (Wildman–Crippen MR) is 201 cm³/mol. The first kappa shape index (κ1) is 40.1. The third-order valence-corrected chi connectivity index (χ3v) is 9.68. The first-order chi connectivity index (χ1) is 25.1. The van der Waals surface area contributed by atoms with Gasteiger partial charge in [-0.25, -0.2) is 8.78 Å². The van der Waals surface area contributed by atoms with Crippen LogP contribution in [-0.4, -0.2) is 77.9 Å². The third kappa shape index (κ3) is 11.4. The molecule has 1 aromatic heterocycles. The Balaban J connectivity index is 1.62. The maximum atomic E-state index is 14.7. The van der Waals surface area contributed by atoms with E-state index in [0.717, 1.165) is 59.7 Å². The highest BCUT2D eigenvalue weighted by molar-refractivity contribution is 5.93. The van der Waals surface area contributed by atoms with Gasteiger partial charge < -0.3 is 19.9 Å². The summed E-state index contributed by atoms with van der Waals surface area (Å²) in [5, 5.41) is 4.97. The number of halogens is 2. The molecule has 3 atom stereocenters. The van der Waals surface area contributed by atoms with Gasteiger partial charge in [-0.05, 0) is 77.4 Å². The van der Waals surface area contributed by atoms with Gasteiger partial charge in [-0.3, -0.25) is 19.4 Å². The Hall–Kier alpha value is -4.70. The summed E-state index contributed by atoms with van der Waals surface area (Å²) < 4.78 is 34.1. The summed E-state index contributed by atoms with van der Waals surface area (Å²) >= 11 is 0. The van der Waals surface area contributed by atoms with Crippen molar-refractivity contribution < 1.29 is 27.9 Å². The second-order valence-electron chi connectivity index (χ2n) is 13.3. The third-order valence-electron chi connectivity index (χ3n) is 9.68. The normalized spacial score (nSPS) is 13.0. The van der Waals surface area contributed by atoms with E-state index in [1.54, 1.807) is 12.4 Å². The van der Waals surface area contributed by atoms with Crippen LogP contribution in [0.3, 0.4) is 0 Å². The lowest BCUT2D eigenvalue weighted by Gasteiger charge is -2.36. The van der Waals surface area contributed by atoms with Gasteiger partial charge in [-0.2, -0.15) is 0 Å². The fourth-order valence-corrected chi connectivity index (χ4v) is 6.47. The zero-order valence-electron chi connectivity index (χ0n) is 30.8. The molecule has 52 heavy (non-hydrogen) atoms. The zero-order chi connectivity index (χ0) is 37.5. The molecule has 278 valence electrons. The molecule has 0 aliphatic rings. The maximum absolute atomic E-state index is 14.7. The molecule has 10 heteroatoms. The van der Waals surface area contributed by atoms with E-state index in [9.17, 15) is 23.2 Å². The monoisotopic (exact) mass is 714 g/mol. The van der Waals surface area contributed by atoms with Crippen LogP contribution in [0.25, 0.3) is 10.8 Å². The van der Waals surface area contributed by atoms with Crippen molar-refractivity contribution in [3.05, 3.63) is 114 Å². The molecule has 0 aliphatic heterocycles. The SMILES string of the molecule is CCCCC(CC)COCC(=O)N(CC)[C@H](Cc1ccc2ccccc2c1)C(=O)N(C)C(Cc1ccc(F)c(F)c1)C(=O)NCCc1ccncc1. The number of hydrogen-bond acceptors (Lipinski definition) is 5. The first-order valence-corrected chi connectivity index (χ1v) is 18.4. The molecule has 0 spiro atoms. The van der Waals surface area contributed by atoms with Gasteiger partial charge >= 0.3 is 0 Å². The highest BCUT2D eigenvalue weighted by Crippen LogP contribution is 2.21. The van der Waals surface area contributed by atoms with Crippen molar-refractivity contribution in [2.75, 3.05) is 33.4 Å². The number of fused-ring (bicyclic) bond motifs is 1. The van der Waals surface area contributed by atoms with Crippen LogP contribution in [0.5, 0.6) is 0 Å². The molecule has 4 rings (SSSR count). The second-order valence-corrected chi connectivity index (χ2v) is 13.3. The molecule has 0 radical (unpaired) electrons. The van der Waals surface area contributed by atoms with Crippen molar-refractivity contribution in [1.82, 2.24) is 20.1 Å². The van der Waals surface area contributed by atoms with E-state index in [4.69, 9.17) is 4.74 Å². The van der Waals surface area contributed by atoms with E-state index in [0.29, 0.717) is 24.5 Å². The number of carbonyl (C=O) groups is 3. The predicted octanol–water partition coefficient (Wildman–Crippen LogP) is 6.93. The Morgan fingerprint density at radius 1 is 0.827 bits per heavy atom. The van der Waals surface area contributed by atoms with Gasteiger partial charge in [0.25, 0.3) is 0 Å². The number of nitrogens with zero attached hydrogens (tertiary/aromatic N) is 3. The van der Waals surface area contributed by atoms with Crippen LogP contribution in [-0.2, 0) is 38.4 Å². The molecule has 0 bridgehead atoms. The molecule has 0 saturated carbocycles. The van der Waals surface area contributed by atoms with Crippen molar-refractivity contribution >= 4 is 28.5 Å². The number of rotatable bonds is 20. The molecule has 4 aromatic rings. The molecule has 1 N–H and O–H groups in total. The molecular formula is C42H52F2N4O4. The highest BCUT2D eigenvalue weighted by atomic mass is 19.2. The summed E-state index contributed by atoms with van der Waals surface area (Å²) in [5.41, 5.74) is 2.17. The van der Waals surface area contributed by atoms with Gasteiger partial charge in [0.2, 0.25) is 17.7 Å². The number of benzene rings is 3. The van der Waals surface area contributed by atoms with Crippen molar-refractivity contribution in [3.8, 4) is 0 Å². The smallest absolute Gasteiger partial charge is 0.249 e. The molecule has 1 heterocycles. The van der Waals surface area contributed by atoms with E-state index < -0.39 is 35.5 Å². The minimum absolute atomic E-state index is 0.0669. The molecule has 2 unspecified atom stereocenters. The van der Waals surface area contributed by atoms with Gasteiger partial charge in [0, 0.05) is 45.4 Å². The van der Waals surface area contributed by atoms with Crippen LogP contribution < -0.4 is 5.32 Å². The number of amides is 3. The van der Waals surface area contributed by atoms with Gasteiger partial charge in [0.15, 0.2) is 11.6 Å². The quantitative estimate of drug-likeness (QED) is 0.107. The Kier molecular flexibility index (Phi) is 15.7. The van der Waals surface area contributed by atoms with E-state index >= 15 is 0 Å². The number of carbonyl (C=O) groups excluding carboxylic acids is 3. The van der Waals surface area contributed by atoms with Crippen LogP contribution in [0.2, 0.25) is 0 Å². The lowest BCUT2D eigenvalue weighted by molar-refractivity contribution is -0.150. The van der Waals surface area contributed by atoms with E-state index in [1.165, 1.54) is 22.9 Å². The number of unbranched alkanes of at least 4 members (excludes halogenated alkanes) is 1. The Bertz CT molecular complexity index is 1750. The van der Waals surface area contributed by atoms with E-state index in [1.807, 2.05) is 61.5 Å². The summed E-state index contributed by atoms with van der Waals surface area (Å²) in [5.74, 6) is -2.92. The molecule has 0 saturated heterocycles. The van der Waals surface area contributed by atoms with Crippen molar-refractivity contribution in [2.45, 2.75) is 77.8 Å². The van der Waals surface area contributed by atoms with Crippen molar-refractivity contribution in [1.29, 1.82) is 0 Å². The van der Waals surface area contributed by atoms with Gasteiger partial charge in [-0.15, -0.1) is 0 Å². The van der Waals surface area contributed by atoms with Gasteiger partial charge in [-0.1, -0.05) is 81.6 Å². The number of hydrogen-bond donors (Lipinski definition) is 1. The second kappa shape index (κ2) is 20.4. The summed E-state index contributed by atoms with van der Waals surface area (Å²) in [6, 6.07) is 19.0. The fraction of sp³-hybridized carbons (Fsp3) is 0.429. The maximum Gasteiger partial charge on any atom is 0.249 e. The standard InChI is InChI=1S/C42H52F2N4O4/c1-5-8-11-30(6-2)28-52-29-40(49)48(7-3)39(27-32-14-16-34-12-9-10-13-35(34)24-32)42(51)47(4)38(26-33-15-17-36(43)37(44)25-33)41(50)46-23-20-31-18-21-45-22-19-31/h9-10,12-19,21-22,24-25,30,38-39H,5-8,11,20,23,26-29H2,1-4H3,(H,46,50)/t30?,38?,39-/m1/s1. The largest absolute Gasteiger partial charge is 0.371 e. The molecule has 0 aliphatic carbocycles. The highest BCUT2D eigenvalue weighted by Gasteiger charge is 2.36.